The van der Waals surface area contributed by atoms with Gasteiger partial charge in [-0.05, 0) is 41.8 Å². The molecule has 4 rings (SSSR count). The van der Waals surface area contributed by atoms with Gasteiger partial charge in [-0.15, -0.1) is 16.4 Å². The summed E-state index contributed by atoms with van der Waals surface area (Å²) in [6, 6.07) is 18.9. The summed E-state index contributed by atoms with van der Waals surface area (Å²) in [5.41, 5.74) is 1.37. The third-order valence-corrected chi connectivity index (χ3v) is 5.32. The van der Waals surface area contributed by atoms with Gasteiger partial charge in [-0.3, -0.25) is 4.79 Å². The zero-order chi connectivity index (χ0) is 19.5. The maximum absolute atomic E-state index is 12.8. The Balaban J connectivity index is 1.73. The van der Waals surface area contributed by atoms with Crippen LogP contribution in [0.4, 0.5) is 5.69 Å². The summed E-state index contributed by atoms with van der Waals surface area (Å²) < 4.78 is 7.82. The molecule has 2 heterocycles. The molecule has 0 saturated carbocycles. The molecule has 0 spiro atoms. The van der Waals surface area contributed by atoms with Gasteiger partial charge in [0.2, 0.25) is 5.82 Å². The first-order chi connectivity index (χ1) is 13.7. The van der Waals surface area contributed by atoms with Crippen molar-refractivity contribution in [2.24, 2.45) is 0 Å². The third-order valence-electron chi connectivity index (χ3n) is 3.96. The summed E-state index contributed by atoms with van der Waals surface area (Å²) in [5, 5.41) is 9.25. The Morgan fingerprint density at radius 3 is 2.68 bits per heavy atom. The van der Waals surface area contributed by atoms with Crippen LogP contribution in [0.25, 0.3) is 16.4 Å². The van der Waals surface area contributed by atoms with Crippen molar-refractivity contribution in [2.45, 2.75) is 0 Å². The summed E-state index contributed by atoms with van der Waals surface area (Å²) in [6.07, 6.45) is 0. The van der Waals surface area contributed by atoms with Crippen molar-refractivity contribution in [1.82, 2.24) is 14.8 Å². The van der Waals surface area contributed by atoms with Gasteiger partial charge < -0.3 is 10.1 Å². The van der Waals surface area contributed by atoms with Gasteiger partial charge in [0, 0.05) is 4.47 Å². The summed E-state index contributed by atoms with van der Waals surface area (Å²) in [5.74, 6) is 0.836. The molecule has 1 N–H and O–H groups in total. The molecule has 8 heteroatoms. The fourth-order valence-electron chi connectivity index (χ4n) is 2.68. The molecule has 0 aliphatic carbocycles. The highest BCUT2D eigenvalue weighted by Crippen LogP contribution is 2.29. The van der Waals surface area contributed by atoms with E-state index in [2.05, 4.69) is 31.3 Å². The number of hydrogen-bond acceptors (Lipinski definition) is 5. The quantitative estimate of drug-likeness (QED) is 0.459. The van der Waals surface area contributed by atoms with Crippen molar-refractivity contribution >= 4 is 38.9 Å². The van der Waals surface area contributed by atoms with Gasteiger partial charge in [-0.2, -0.15) is 0 Å². The number of nitrogens with one attached hydrogen (secondary N) is 1. The molecule has 1 amide bonds. The van der Waals surface area contributed by atoms with Gasteiger partial charge in [0.25, 0.3) is 5.91 Å². The SMILES string of the molecule is COc1ccc(Br)cc1NC(=O)c1nc(-c2cccs2)n(-c2ccccc2)n1. The summed E-state index contributed by atoms with van der Waals surface area (Å²) in [7, 11) is 1.55. The van der Waals surface area contributed by atoms with Crippen LogP contribution in [0, 0.1) is 0 Å². The molecule has 0 aliphatic rings. The van der Waals surface area contributed by atoms with Crippen molar-refractivity contribution in [2.75, 3.05) is 12.4 Å². The van der Waals surface area contributed by atoms with Crippen molar-refractivity contribution < 1.29 is 9.53 Å². The molecule has 140 valence electrons. The van der Waals surface area contributed by atoms with Crippen molar-refractivity contribution in [1.29, 1.82) is 0 Å². The molecule has 28 heavy (non-hydrogen) atoms. The van der Waals surface area contributed by atoms with Gasteiger partial charge in [0.1, 0.15) is 5.75 Å². The number of carbonyl (C=O) groups is 1. The van der Waals surface area contributed by atoms with Crippen molar-refractivity contribution in [3.8, 4) is 22.1 Å². The number of benzene rings is 2. The van der Waals surface area contributed by atoms with E-state index in [4.69, 9.17) is 4.74 Å². The Morgan fingerprint density at radius 1 is 1.14 bits per heavy atom. The second-order valence-electron chi connectivity index (χ2n) is 5.78. The maximum atomic E-state index is 12.8. The molecule has 0 bridgehead atoms. The van der Waals surface area contributed by atoms with E-state index >= 15 is 0 Å². The van der Waals surface area contributed by atoms with E-state index in [9.17, 15) is 4.79 Å². The molecular weight excluding hydrogens is 440 g/mol. The monoisotopic (exact) mass is 454 g/mol. The third kappa shape index (κ3) is 3.69. The Morgan fingerprint density at radius 2 is 1.96 bits per heavy atom. The standard InChI is InChI=1S/C20H15BrN4O2S/c1-27-16-10-9-13(21)12-15(16)22-20(26)18-23-19(17-8-5-11-28-17)25(24-18)14-6-3-2-4-7-14/h2-12H,1H3,(H,22,26). The highest BCUT2D eigenvalue weighted by atomic mass is 79.9. The Labute approximate surface area is 173 Å². The lowest BCUT2D eigenvalue weighted by atomic mass is 10.3. The number of para-hydroxylation sites is 1. The highest BCUT2D eigenvalue weighted by Gasteiger charge is 2.20. The lowest BCUT2D eigenvalue weighted by Gasteiger charge is -2.09. The van der Waals surface area contributed by atoms with Crippen LogP contribution in [-0.2, 0) is 0 Å². The van der Waals surface area contributed by atoms with Gasteiger partial charge in [0.15, 0.2) is 5.82 Å². The van der Waals surface area contributed by atoms with Crippen LogP contribution in [0.2, 0.25) is 0 Å². The van der Waals surface area contributed by atoms with E-state index in [1.165, 1.54) is 0 Å². The molecule has 0 radical (unpaired) electrons. The van der Waals surface area contributed by atoms with E-state index in [0.29, 0.717) is 17.3 Å². The van der Waals surface area contributed by atoms with Crippen molar-refractivity contribution in [3.63, 3.8) is 0 Å². The zero-order valence-electron chi connectivity index (χ0n) is 14.8. The molecule has 0 atom stereocenters. The first-order valence-corrected chi connectivity index (χ1v) is 10.0. The smallest absolute Gasteiger partial charge is 0.295 e. The normalized spacial score (nSPS) is 10.6. The number of thiophene rings is 1. The van der Waals surface area contributed by atoms with Gasteiger partial charge >= 0.3 is 0 Å². The van der Waals surface area contributed by atoms with Crippen molar-refractivity contribution in [3.05, 3.63) is 76.3 Å². The number of anilines is 1. The Hall–Kier alpha value is -2.97. The van der Waals surface area contributed by atoms with Crippen LogP contribution in [0.15, 0.2) is 70.5 Å². The molecule has 0 unspecified atom stereocenters. The predicted octanol–water partition coefficient (Wildman–Crippen LogP) is 5.02. The molecule has 6 nitrogen and oxygen atoms in total. The Bertz CT molecular complexity index is 1110. The van der Waals surface area contributed by atoms with Gasteiger partial charge in [0.05, 0.1) is 23.4 Å². The van der Waals surface area contributed by atoms with Crippen LogP contribution in [0.5, 0.6) is 5.75 Å². The van der Waals surface area contributed by atoms with E-state index < -0.39 is 5.91 Å². The minimum Gasteiger partial charge on any atom is -0.495 e. The highest BCUT2D eigenvalue weighted by molar-refractivity contribution is 9.10. The number of hydrogen-bond donors (Lipinski definition) is 1. The minimum absolute atomic E-state index is 0.0780. The van der Waals surface area contributed by atoms with E-state index in [1.54, 1.807) is 35.3 Å². The molecule has 0 aliphatic heterocycles. The Kier molecular flexibility index (Phi) is 5.23. The first kappa shape index (κ1) is 18.4. The van der Waals surface area contributed by atoms with E-state index in [0.717, 1.165) is 15.0 Å². The number of methoxy groups -OCH3 is 1. The average Bonchev–Trinajstić information content (AvgIpc) is 3.38. The van der Waals surface area contributed by atoms with Crippen LogP contribution in [0.3, 0.4) is 0 Å². The molecule has 2 aromatic heterocycles. The van der Waals surface area contributed by atoms with Crippen LogP contribution < -0.4 is 10.1 Å². The largest absolute Gasteiger partial charge is 0.495 e. The van der Waals surface area contributed by atoms with Crippen LogP contribution in [0.1, 0.15) is 10.6 Å². The number of aromatic nitrogens is 3. The summed E-state index contributed by atoms with van der Waals surface area (Å²) >= 11 is 4.94. The lowest BCUT2D eigenvalue weighted by Crippen LogP contribution is -2.15. The van der Waals surface area contributed by atoms with Gasteiger partial charge in [-0.1, -0.05) is 40.2 Å². The van der Waals surface area contributed by atoms with Gasteiger partial charge in [-0.25, -0.2) is 9.67 Å². The number of nitrogens with zero attached hydrogens (tertiary/aromatic N) is 3. The molecule has 2 aromatic carbocycles. The lowest BCUT2D eigenvalue weighted by molar-refractivity contribution is 0.101. The number of amides is 1. The second-order valence-corrected chi connectivity index (χ2v) is 7.65. The molecular formula is C20H15BrN4O2S. The van der Waals surface area contributed by atoms with Crippen LogP contribution >= 0.6 is 27.3 Å². The molecule has 0 fully saturated rings. The first-order valence-electron chi connectivity index (χ1n) is 8.37. The second kappa shape index (κ2) is 7.95. The topological polar surface area (TPSA) is 69.0 Å². The number of rotatable bonds is 5. The summed E-state index contributed by atoms with van der Waals surface area (Å²) in [4.78, 5) is 18.3. The minimum atomic E-state index is -0.413. The fourth-order valence-corrected chi connectivity index (χ4v) is 3.74. The van der Waals surface area contributed by atoms with Crippen LogP contribution in [-0.4, -0.2) is 27.8 Å². The number of halogens is 1. The number of ether oxygens (including phenoxy) is 1. The maximum Gasteiger partial charge on any atom is 0.295 e. The fraction of sp³-hybridized carbons (Fsp3) is 0.0500. The zero-order valence-corrected chi connectivity index (χ0v) is 17.2. The summed E-state index contributed by atoms with van der Waals surface area (Å²) in [6.45, 7) is 0. The van der Waals surface area contributed by atoms with E-state index in [-0.39, 0.29) is 5.82 Å². The average molecular weight is 455 g/mol. The predicted molar refractivity (Wildman–Crippen MR) is 113 cm³/mol. The molecule has 0 saturated heterocycles. The molecule has 4 aromatic rings. The van der Waals surface area contributed by atoms with E-state index in [1.807, 2.05) is 53.9 Å². The number of carbonyl (C=O) groups excluding carboxylic acids is 1.